The summed E-state index contributed by atoms with van der Waals surface area (Å²) in [5, 5.41) is 0. The Kier molecular flexibility index (Phi) is 5.73. The molecule has 0 fully saturated rings. The molecule has 0 spiro atoms. The molecule has 0 radical (unpaired) electrons. The highest BCUT2D eigenvalue weighted by Crippen LogP contribution is 2.24. The molecule has 0 atom stereocenters. The number of nitrogens with zero attached hydrogens (tertiary/aromatic N) is 3. The molecular weight excluding hydrogens is 412 g/mol. The molecule has 0 amide bonds. The highest BCUT2D eigenvalue weighted by molar-refractivity contribution is 7.92. The second kappa shape index (κ2) is 8.61. The molecule has 31 heavy (non-hydrogen) atoms. The van der Waals surface area contributed by atoms with E-state index in [9.17, 15) is 8.42 Å². The van der Waals surface area contributed by atoms with Crippen LogP contribution >= 0.6 is 0 Å². The normalized spacial score (nSPS) is 11.3. The van der Waals surface area contributed by atoms with E-state index in [2.05, 4.69) is 14.7 Å². The van der Waals surface area contributed by atoms with Crippen LogP contribution in [0.4, 0.5) is 5.69 Å². The molecule has 2 aromatic carbocycles. The average Bonchev–Trinajstić information content (AvgIpc) is 3.30. The fraction of sp³-hybridized carbons (Fsp3) is 0.130. The fourth-order valence-corrected chi connectivity index (χ4v) is 4.09. The zero-order valence-electron chi connectivity index (χ0n) is 17.2. The first-order valence-corrected chi connectivity index (χ1v) is 11.3. The molecule has 8 heteroatoms. The van der Waals surface area contributed by atoms with Crippen LogP contribution in [-0.2, 0) is 16.4 Å². The Bertz CT molecular complexity index is 1270. The highest BCUT2D eigenvalue weighted by Gasteiger charge is 2.14. The van der Waals surface area contributed by atoms with E-state index >= 15 is 0 Å². The van der Waals surface area contributed by atoms with E-state index in [1.54, 1.807) is 49.4 Å². The third-order valence-corrected chi connectivity index (χ3v) is 6.04. The van der Waals surface area contributed by atoms with Gasteiger partial charge in [-0.15, -0.1) is 0 Å². The lowest BCUT2D eigenvalue weighted by atomic mass is 10.2. The first kappa shape index (κ1) is 20.6. The summed E-state index contributed by atoms with van der Waals surface area (Å²) in [6, 6.07) is 19.1. The number of hydrogen-bond donors (Lipinski definition) is 1. The molecule has 0 aliphatic heterocycles. The van der Waals surface area contributed by atoms with Gasteiger partial charge in [0.25, 0.3) is 10.0 Å². The van der Waals surface area contributed by atoms with Crippen LogP contribution in [-0.4, -0.2) is 23.0 Å². The number of aromatic nitrogens is 3. The number of hydrogen-bond acceptors (Lipinski definition) is 5. The van der Waals surface area contributed by atoms with Gasteiger partial charge in [-0.1, -0.05) is 19.1 Å². The quantitative estimate of drug-likeness (QED) is 0.454. The Labute approximate surface area is 181 Å². The first-order valence-electron chi connectivity index (χ1n) is 9.82. The van der Waals surface area contributed by atoms with Crippen molar-refractivity contribution in [2.75, 3.05) is 4.72 Å². The molecule has 0 saturated heterocycles. The van der Waals surface area contributed by atoms with Gasteiger partial charge in [-0.05, 0) is 67.4 Å². The predicted molar refractivity (Wildman–Crippen MR) is 119 cm³/mol. The van der Waals surface area contributed by atoms with Crippen molar-refractivity contribution in [3.63, 3.8) is 0 Å². The smallest absolute Gasteiger partial charge is 0.261 e. The summed E-state index contributed by atoms with van der Waals surface area (Å²) in [5.74, 6) is 2.22. The summed E-state index contributed by atoms with van der Waals surface area (Å²) in [6.07, 6.45) is 4.64. The molecule has 0 unspecified atom stereocenters. The lowest BCUT2D eigenvalue weighted by Gasteiger charge is -2.11. The Hall–Kier alpha value is -3.65. The number of sulfonamides is 1. The Morgan fingerprint density at radius 1 is 0.968 bits per heavy atom. The zero-order chi connectivity index (χ0) is 21.8. The third-order valence-electron chi connectivity index (χ3n) is 4.64. The van der Waals surface area contributed by atoms with Gasteiger partial charge in [0, 0.05) is 24.1 Å². The maximum atomic E-state index is 12.6. The van der Waals surface area contributed by atoms with Gasteiger partial charge >= 0.3 is 0 Å². The summed E-state index contributed by atoms with van der Waals surface area (Å²) < 4.78 is 35.5. The van der Waals surface area contributed by atoms with Gasteiger partial charge in [0.1, 0.15) is 17.4 Å². The SMILES string of the molecule is CCc1ccc(S(=O)(=O)Nc2ccc(Oc3cc(-n4cccc4)nc(C)n3)cc2)cc1. The number of aryl methyl sites for hydroxylation is 2. The fourth-order valence-electron chi connectivity index (χ4n) is 3.03. The highest BCUT2D eigenvalue weighted by atomic mass is 32.2. The number of anilines is 1. The molecule has 4 rings (SSSR count). The molecule has 4 aromatic rings. The van der Waals surface area contributed by atoms with Crippen molar-refractivity contribution in [2.24, 2.45) is 0 Å². The van der Waals surface area contributed by atoms with Gasteiger partial charge in [0.05, 0.1) is 4.90 Å². The molecule has 7 nitrogen and oxygen atoms in total. The van der Waals surface area contributed by atoms with Crippen molar-refractivity contribution in [2.45, 2.75) is 25.2 Å². The topological polar surface area (TPSA) is 86.1 Å². The molecule has 2 heterocycles. The molecule has 0 saturated carbocycles. The second-order valence-electron chi connectivity index (χ2n) is 6.93. The predicted octanol–water partition coefficient (Wildman–Crippen LogP) is 4.73. The van der Waals surface area contributed by atoms with Crippen LogP contribution in [0.5, 0.6) is 11.6 Å². The van der Waals surface area contributed by atoms with Crippen LogP contribution in [0.1, 0.15) is 18.3 Å². The van der Waals surface area contributed by atoms with Crippen molar-refractivity contribution in [1.82, 2.24) is 14.5 Å². The Morgan fingerprint density at radius 3 is 2.29 bits per heavy atom. The maximum Gasteiger partial charge on any atom is 0.261 e. The minimum Gasteiger partial charge on any atom is -0.439 e. The summed E-state index contributed by atoms with van der Waals surface area (Å²) in [6.45, 7) is 3.82. The Balaban J connectivity index is 1.48. The minimum absolute atomic E-state index is 0.221. The van der Waals surface area contributed by atoms with Crippen LogP contribution in [0.25, 0.3) is 5.82 Å². The maximum absolute atomic E-state index is 12.6. The minimum atomic E-state index is -3.66. The average molecular weight is 435 g/mol. The molecular formula is C23H22N4O3S. The van der Waals surface area contributed by atoms with Gasteiger partial charge in [-0.3, -0.25) is 4.72 Å². The van der Waals surface area contributed by atoms with E-state index in [1.165, 1.54) is 0 Å². The third kappa shape index (κ3) is 4.92. The van der Waals surface area contributed by atoms with E-state index in [1.807, 2.05) is 48.1 Å². The van der Waals surface area contributed by atoms with Gasteiger partial charge in [-0.25, -0.2) is 13.4 Å². The molecule has 0 aliphatic rings. The number of rotatable bonds is 7. The van der Waals surface area contributed by atoms with Crippen LogP contribution in [0.2, 0.25) is 0 Å². The number of benzene rings is 2. The van der Waals surface area contributed by atoms with Crippen molar-refractivity contribution < 1.29 is 13.2 Å². The zero-order valence-corrected chi connectivity index (χ0v) is 18.0. The van der Waals surface area contributed by atoms with Gasteiger partial charge in [0.2, 0.25) is 5.88 Å². The first-order chi connectivity index (χ1) is 14.9. The van der Waals surface area contributed by atoms with Crippen LogP contribution in [0, 0.1) is 6.92 Å². The van der Waals surface area contributed by atoms with Crippen molar-refractivity contribution in [3.8, 4) is 17.4 Å². The number of nitrogens with one attached hydrogen (secondary N) is 1. The van der Waals surface area contributed by atoms with Crippen LogP contribution < -0.4 is 9.46 Å². The van der Waals surface area contributed by atoms with Crippen molar-refractivity contribution >= 4 is 15.7 Å². The van der Waals surface area contributed by atoms with Gasteiger partial charge in [-0.2, -0.15) is 4.98 Å². The monoisotopic (exact) mass is 434 g/mol. The summed E-state index contributed by atoms with van der Waals surface area (Å²) in [7, 11) is -3.66. The van der Waals surface area contributed by atoms with E-state index in [0.29, 0.717) is 29.0 Å². The van der Waals surface area contributed by atoms with Gasteiger partial charge in [0.15, 0.2) is 0 Å². The second-order valence-corrected chi connectivity index (χ2v) is 8.61. The lowest BCUT2D eigenvalue weighted by Crippen LogP contribution is -2.12. The number of ether oxygens (including phenoxy) is 1. The van der Waals surface area contributed by atoms with Crippen molar-refractivity contribution in [3.05, 3.63) is 90.5 Å². The van der Waals surface area contributed by atoms with E-state index < -0.39 is 10.0 Å². The van der Waals surface area contributed by atoms with Crippen LogP contribution in [0.15, 0.2) is 84.0 Å². The van der Waals surface area contributed by atoms with Crippen molar-refractivity contribution in [1.29, 1.82) is 0 Å². The molecule has 0 bridgehead atoms. The van der Waals surface area contributed by atoms with E-state index in [4.69, 9.17) is 4.74 Å². The van der Waals surface area contributed by atoms with E-state index in [-0.39, 0.29) is 4.90 Å². The molecule has 2 aromatic heterocycles. The summed E-state index contributed by atoms with van der Waals surface area (Å²) in [5.41, 5.74) is 1.53. The van der Waals surface area contributed by atoms with Crippen LogP contribution in [0.3, 0.4) is 0 Å². The molecule has 0 aliphatic carbocycles. The Morgan fingerprint density at radius 2 is 1.65 bits per heavy atom. The standard InChI is InChI=1S/C23H22N4O3S/c1-3-18-6-12-21(13-7-18)31(28,29)26-19-8-10-20(11-9-19)30-23-16-22(24-17(2)25-23)27-14-4-5-15-27/h4-16,26H,3H2,1-2H3. The summed E-state index contributed by atoms with van der Waals surface area (Å²) >= 11 is 0. The molecule has 1 N–H and O–H groups in total. The molecule has 158 valence electrons. The van der Waals surface area contributed by atoms with E-state index in [0.717, 1.165) is 12.0 Å². The summed E-state index contributed by atoms with van der Waals surface area (Å²) in [4.78, 5) is 8.94. The lowest BCUT2D eigenvalue weighted by molar-refractivity contribution is 0.459. The van der Waals surface area contributed by atoms with Gasteiger partial charge < -0.3 is 9.30 Å². The largest absolute Gasteiger partial charge is 0.439 e.